The van der Waals surface area contributed by atoms with Crippen LogP contribution in [-0.2, 0) is 11.3 Å². The molecule has 1 heterocycles. The van der Waals surface area contributed by atoms with E-state index in [1.54, 1.807) is 0 Å². The van der Waals surface area contributed by atoms with Gasteiger partial charge in [0, 0.05) is 18.0 Å². The lowest BCUT2D eigenvalue weighted by molar-refractivity contribution is -0.121. The lowest BCUT2D eigenvalue weighted by Gasteiger charge is -2.16. The third-order valence-corrected chi connectivity index (χ3v) is 5.98. The number of carbonyl (C=O) groups excluding carboxylic acids is 1. The molecule has 0 aliphatic carbocycles. The number of aromatic nitrogens is 2. The number of aryl methyl sites for hydroxylation is 3. The molecule has 0 bridgehead atoms. The molecular weight excluding hydrogens is 410 g/mol. The van der Waals surface area contributed by atoms with Gasteiger partial charge >= 0.3 is 0 Å². The van der Waals surface area contributed by atoms with E-state index in [4.69, 9.17) is 21.3 Å². The standard InChI is InChI=1S/C25H32ClN3O2/c1-5-10-23(30)27-19(4)25-28-21-11-6-7-12-22(21)29(25)13-8-9-14-31-20-15-17(2)24(26)18(3)16-20/h6-7,11-12,15-16,19H,5,8-10,13-14H2,1-4H3,(H,27,30). The Morgan fingerprint density at radius 2 is 1.90 bits per heavy atom. The van der Waals surface area contributed by atoms with Gasteiger partial charge in [-0.15, -0.1) is 0 Å². The fourth-order valence-electron chi connectivity index (χ4n) is 3.82. The number of halogens is 1. The van der Waals surface area contributed by atoms with Crippen molar-refractivity contribution in [3.8, 4) is 5.75 Å². The number of nitrogens with one attached hydrogen (secondary N) is 1. The van der Waals surface area contributed by atoms with Gasteiger partial charge in [0.15, 0.2) is 0 Å². The number of imidazole rings is 1. The van der Waals surface area contributed by atoms with Crippen LogP contribution in [0.2, 0.25) is 5.02 Å². The first-order valence-corrected chi connectivity index (χ1v) is 11.4. The number of unbranched alkanes of at least 4 members (excludes halogenated alkanes) is 1. The van der Waals surface area contributed by atoms with Crippen molar-refractivity contribution in [3.63, 3.8) is 0 Å². The monoisotopic (exact) mass is 441 g/mol. The number of amides is 1. The molecule has 5 nitrogen and oxygen atoms in total. The second kappa shape index (κ2) is 10.7. The molecule has 1 unspecified atom stereocenters. The molecule has 166 valence electrons. The predicted molar refractivity (Wildman–Crippen MR) is 127 cm³/mol. The van der Waals surface area contributed by atoms with Crippen LogP contribution in [-0.4, -0.2) is 22.1 Å². The summed E-state index contributed by atoms with van der Waals surface area (Å²) in [5.41, 5.74) is 4.12. The van der Waals surface area contributed by atoms with Crippen LogP contribution in [0.4, 0.5) is 0 Å². The fraction of sp³-hybridized carbons (Fsp3) is 0.440. The lowest BCUT2D eigenvalue weighted by Crippen LogP contribution is -2.28. The molecule has 3 aromatic rings. The highest BCUT2D eigenvalue weighted by Gasteiger charge is 2.18. The Kier molecular flexibility index (Phi) is 7.97. The van der Waals surface area contributed by atoms with Gasteiger partial charge in [0.2, 0.25) is 5.91 Å². The van der Waals surface area contributed by atoms with Crippen molar-refractivity contribution in [2.24, 2.45) is 0 Å². The Labute approximate surface area is 189 Å². The topological polar surface area (TPSA) is 56.2 Å². The highest BCUT2D eigenvalue weighted by Crippen LogP contribution is 2.26. The molecule has 0 saturated heterocycles. The van der Waals surface area contributed by atoms with Crippen molar-refractivity contribution in [2.45, 2.75) is 66.0 Å². The van der Waals surface area contributed by atoms with E-state index in [2.05, 4.69) is 16.0 Å². The number of ether oxygens (including phenoxy) is 1. The van der Waals surface area contributed by atoms with Crippen molar-refractivity contribution in [2.75, 3.05) is 6.61 Å². The van der Waals surface area contributed by atoms with E-state index in [0.29, 0.717) is 13.0 Å². The fourth-order valence-corrected chi connectivity index (χ4v) is 3.93. The molecule has 0 aliphatic heterocycles. The maximum absolute atomic E-state index is 12.1. The highest BCUT2D eigenvalue weighted by molar-refractivity contribution is 6.32. The third-order valence-electron chi connectivity index (χ3n) is 5.38. The second-order valence-corrected chi connectivity index (χ2v) is 8.45. The molecule has 3 rings (SSSR count). The highest BCUT2D eigenvalue weighted by atomic mass is 35.5. The number of carbonyl (C=O) groups is 1. The largest absolute Gasteiger partial charge is 0.494 e. The van der Waals surface area contributed by atoms with Gasteiger partial charge in [-0.2, -0.15) is 0 Å². The van der Waals surface area contributed by atoms with E-state index in [1.807, 2.05) is 58.0 Å². The summed E-state index contributed by atoms with van der Waals surface area (Å²) in [6.07, 6.45) is 3.24. The van der Waals surface area contributed by atoms with Crippen molar-refractivity contribution in [3.05, 3.63) is 58.4 Å². The zero-order chi connectivity index (χ0) is 22.4. The number of fused-ring (bicyclic) bond motifs is 1. The zero-order valence-electron chi connectivity index (χ0n) is 18.9. The van der Waals surface area contributed by atoms with E-state index in [9.17, 15) is 4.79 Å². The molecule has 2 aromatic carbocycles. The van der Waals surface area contributed by atoms with E-state index >= 15 is 0 Å². The molecule has 1 aromatic heterocycles. The van der Waals surface area contributed by atoms with Crippen molar-refractivity contribution in [1.29, 1.82) is 0 Å². The van der Waals surface area contributed by atoms with Gasteiger partial charge in [0.25, 0.3) is 0 Å². The minimum atomic E-state index is -0.136. The summed E-state index contributed by atoms with van der Waals surface area (Å²) < 4.78 is 8.17. The SMILES string of the molecule is CCCC(=O)NC(C)c1nc2ccccc2n1CCCCOc1cc(C)c(Cl)c(C)c1. The number of nitrogens with zero attached hydrogens (tertiary/aromatic N) is 2. The van der Waals surface area contributed by atoms with Crippen LogP contribution in [0.5, 0.6) is 5.75 Å². The molecule has 0 saturated carbocycles. The summed E-state index contributed by atoms with van der Waals surface area (Å²) in [5, 5.41) is 3.88. The lowest BCUT2D eigenvalue weighted by atomic mass is 10.1. The molecule has 0 fully saturated rings. The van der Waals surface area contributed by atoms with Crippen molar-refractivity contribution in [1.82, 2.24) is 14.9 Å². The van der Waals surface area contributed by atoms with Crippen LogP contribution in [0, 0.1) is 13.8 Å². The van der Waals surface area contributed by atoms with Gasteiger partial charge < -0.3 is 14.6 Å². The molecule has 6 heteroatoms. The van der Waals surface area contributed by atoms with Gasteiger partial charge in [0.05, 0.1) is 23.7 Å². The van der Waals surface area contributed by atoms with E-state index in [0.717, 1.165) is 64.6 Å². The Bertz CT molecular complexity index is 1020. The molecule has 1 N–H and O–H groups in total. The van der Waals surface area contributed by atoms with E-state index in [-0.39, 0.29) is 11.9 Å². The summed E-state index contributed by atoms with van der Waals surface area (Å²) >= 11 is 6.24. The molecule has 0 aliphatic rings. The first-order chi connectivity index (χ1) is 14.9. The number of rotatable bonds is 10. The van der Waals surface area contributed by atoms with Crippen LogP contribution < -0.4 is 10.1 Å². The van der Waals surface area contributed by atoms with Crippen LogP contribution in [0.25, 0.3) is 11.0 Å². The number of benzene rings is 2. The summed E-state index contributed by atoms with van der Waals surface area (Å²) in [7, 11) is 0. The van der Waals surface area contributed by atoms with Gasteiger partial charge in [-0.3, -0.25) is 4.79 Å². The number of hydrogen-bond donors (Lipinski definition) is 1. The molecular formula is C25H32ClN3O2. The first-order valence-electron chi connectivity index (χ1n) is 11.0. The van der Waals surface area contributed by atoms with Gasteiger partial charge in [-0.05, 0) is 75.4 Å². The average molecular weight is 442 g/mol. The van der Waals surface area contributed by atoms with Crippen LogP contribution in [0.1, 0.15) is 62.5 Å². The maximum atomic E-state index is 12.1. The van der Waals surface area contributed by atoms with Crippen molar-refractivity contribution < 1.29 is 9.53 Å². The third kappa shape index (κ3) is 5.79. The first kappa shape index (κ1) is 23.1. The van der Waals surface area contributed by atoms with E-state index in [1.165, 1.54) is 0 Å². The van der Waals surface area contributed by atoms with E-state index < -0.39 is 0 Å². The van der Waals surface area contributed by atoms with Gasteiger partial charge in [-0.25, -0.2) is 4.98 Å². The summed E-state index contributed by atoms with van der Waals surface area (Å²) in [6, 6.07) is 12.0. The Balaban J connectivity index is 1.63. The van der Waals surface area contributed by atoms with Crippen LogP contribution in [0.3, 0.4) is 0 Å². The quantitative estimate of drug-likeness (QED) is 0.384. The smallest absolute Gasteiger partial charge is 0.220 e. The minimum Gasteiger partial charge on any atom is -0.494 e. The predicted octanol–water partition coefficient (Wildman–Crippen LogP) is 6.14. The van der Waals surface area contributed by atoms with Crippen LogP contribution >= 0.6 is 11.6 Å². The Morgan fingerprint density at radius 3 is 2.61 bits per heavy atom. The van der Waals surface area contributed by atoms with Gasteiger partial charge in [-0.1, -0.05) is 30.7 Å². The summed E-state index contributed by atoms with van der Waals surface area (Å²) in [5.74, 6) is 1.83. The Morgan fingerprint density at radius 1 is 1.19 bits per heavy atom. The summed E-state index contributed by atoms with van der Waals surface area (Å²) in [4.78, 5) is 16.9. The van der Waals surface area contributed by atoms with Crippen LogP contribution in [0.15, 0.2) is 36.4 Å². The molecule has 1 atom stereocenters. The normalized spacial score (nSPS) is 12.2. The van der Waals surface area contributed by atoms with Gasteiger partial charge in [0.1, 0.15) is 11.6 Å². The van der Waals surface area contributed by atoms with Crippen molar-refractivity contribution >= 4 is 28.5 Å². The minimum absolute atomic E-state index is 0.0653. The molecule has 0 spiro atoms. The average Bonchev–Trinajstić information content (AvgIpc) is 3.10. The molecule has 31 heavy (non-hydrogen) atoms. The Hall–Kier alpha value is -2.53. The molecule has 1 amide bonds. The number of hydrogen-bond acceptors (Lipinski definition) is 3. The zero-order valence-corrected chi connectivity index (χ0v) is 19.6. The number of para-hydroxylation sites is 2. The molecule has 0 radical (unpaired) electrons. The second-order valence-electron chi connectivity index (χ2n) is 8.08. The maximum Gasteiger partial charge on any atom is 0.220 e. The summed E-state index contributed by atoms with van der Waals surface area (Å²) in [6.45, 7) is 9.47.